The SMILES string of the molecule is CC(C)C1NCCn2c(-c3ccc4c(c3)CCC4)nnc21. The first-order valence-corrected chi connectivity index (χ1v) is 8.02. The van der Waals surface area contributed by atoms with Crippen LogP contribution in [0.2, 0.25) is 0 Å². The predicted molar refractivity (Wildman–Crippen MR) is 83.1 cm³/mol. The molecule has 0 bridgehead atoms. The van der Waals surface area contributed by atoms with E-state index in [9.17, 15) is 0 Å². The molecule has 4 heteroatoms. The van der Waals surface area contributed by atoms with Gasteiger partial charge in [0, 0.05) is 18.7 Å². The number of fused-ring (bicyclic) bond motifs is 2. The van der Waals surface area contributed by atoms with Gasteiger partial charge in [-0.15, -0.1) is 10.2 Å². The van der Waals surface area contributed by atoms with Crippen molar-refractivity contribution in [3.05, 3.63) is 35.2 Å². The second-order valence-electron chi connectivity index (χ2n) is 6.55. The quantitative estimate of drug-likeness (QED) is 0.921. The van der Waals surface area contributed by atoms with Crippen molar-refractivity contribution in [3.8, 4) is 11.4 Å². The maximum Gasteiger partial charge on any atom is 0.164 e. The third kappa shape index (κ3) is 2.09. The summed E-state index contributed by atoms with van der Waals surface area (Å²) in [6.45, 7) is 6.41. The zero-order chi connectivity index (χ0) is 14.4. The van der Waals surface area contributed by atoms with Gasteiger partial charge >= 0.3 is 0 Å². The van der Waals surface area contributed by atoms with E-state index < -0.39 is 0 Å². The van der Waals surface area contributed by atoms with E-state index in [-0.39, 0.29) is 0 Å². The van der Waals surface area contributed by atoms with E-state index in [0.717, 1.165) is 24.7 Å². The molecular weight excluding hydrogens is 260 g/mol. The van der Waals surface area contributed by atoms with E-state index in [1.165, 1.54) is 36.0 Å². The van der Waals surface area contributed by atoms with Crippen LogP contribution in [0.1, 0.15) is 43.3 Å². The Morgan fingerprint density at radius 3 is 2.90 bits per heavy atom. The van der Waals surface area contributed by atoms with E-state index >= 15 is 0 Å². The van der Waals surface area contributed by atoms with Gasteiger partial charge in [-0.3, -0.25) is 0 Å². The second kappa shape index (κ2) is 4.95. The number of rotatable bonds is 2. The molecule has 21 heavy (non-hydrogen) atoms. The van der Waals surface area contributed by atoms with Crippen LogP contribution in [0.25, 0.3) is 11.4 Å². The summed E-state index contributed by atoms with van der Waals surface area (Å²) < 4.78 is 2.30. The first kappa shape index (κ1) is 13.0. The lowest BCUT2D eigenvalue weighted by Crippen LogP contribution is -2.36. The average Bonchev–Trinajstić information content (AvgIpc) is 3.12. The van der Waals surface area contributed by atoms with E-state index in [2.05, 4.69) is 52.1 Å². The lowest BCUT2D eigenvalue weighted by atomic mass is 10.0. The van der Waals surface area contributed by atoms with Gasteiger partial charge in [-0.1, -0.05) is 26.0 Å². The fraction of sp³-hybridized carbons (Fsp3) is 0.529. The van der Waals surface area contributed by atoms with Gasteiger partial charge in [-0.05, 0) is 42.4 Å². The molecule has 2 aromatic rings. The van der Waals surface area contributed by atoms with Gasteiger partial charge in [-0.2, -0.15) is 0 Å². The maximum absolute atomic E-state index is 4.50. The highest BCUT2D eigenvalue weighted by Crippen LogP contribution is 2.30. The van der Waals surface area contributed by atoms with Crippen molar-refractivity contribution in [1.29, 1.82) is 0 Å². The first-order valence-electron chi connectivity index (χ1n) is 8.02. The smallest absolute Gasteiger partial charge is 0.164 e. The number of hydrogen-bond donors (Lipinski definition) is 1. The lowest BCUT2D eigenvalue weighted by molar-refractivity contribution is 0.339. The summed E-state index contributed by atoms with van der Waals surface area (Å²) in [5.41, 5.74) is 4.23. The number of aryl methyl sites for hydroxylation is 2. The van der Waals surface area contributed by atoms with Gasteiger partial charge in [0.2, 0.25) is 0 Å². The van der Waals surface area contributed by atoms with Crippen LogP contribution in [0.15, 0.2) is 18.2 Å². The van der Waals surface area contributed by atoms with Crippen LogP contribution in [0.4, 0.5) is 0 Å². The minimum atomic E-state index is 0.314. The van der Waals surface area contributed by atoms with Crippen LogP contribution < -0.4 is 5.32 Å². The molecule has 0 saturated carbocycles. The molecule has 2 heterocycles. The molecule has 0 fully saturated rings. The van der Waals surface area contributed by atoms with E-state index in [4.69, 9.17) is 0 Å². The lowest BCUT2D eigenvalue weighted by Gasteiger charge is -2.27. The minimum Gasteiger partial charge on any atom is -0.308 e. The minimum absolute atomic E-state index is 0.314. The molecule has 0 saturated heterocycles. The standard InChI is InChI=1S/C17H22N4/c1-11(2)15-17-20-19-16(21(17)9-8-18-15)14-7-6-12-4-3-5-13(12)10-14/h6-7,10-11,15,18H,3-5,8-9H2,1-2H3. The monoisotopic (exact) mass is 282 g/mol. The molecule has 110 valence electrons. The van der Waals surface area contributed by atoms with Crippen LogP contribution >= 0.6 is 0 Å². The second-order valence-corrected chi connectivity index (χ2v) is 6.55. The molecule has 1 aliphatic carbocycles. The first-order chi connectivity index (χ1) is 10.2. The fourth-order valence-electron chi connectivity index (χ4n) is 3.65. The molecule has 2 aliphatic rings. The Labute approximate surface area is 125 Å². The van der Waals surface area contributed by atoms with Gasteiger partial charge in [0.25, 0.3) is 0 Å². The summed E-state index contributed by atoms with van der Waals surface area (Å²) in [7, 11) is 0. The summed E-state index contributed by atoms with van der Waals surface area (Å²) >= 11 is 0. The number of nitrogens with zero attached hydrogens (tertiary/aromatic N) is 3. The van der Waals surface area contributed by atoms with Crippen molar-refractivity contribution < 1.29 is 0 Å². The highest BCUT2D eigenvalue weighted by atomic mass is 15.3. The summed E-state index contributed by atoms with van der Waals surface area (Å²) in [5.74, 6) is 2.65. The zero-order valence-corrected chi connectivity index (χ0v) is 12.8. The highest BCUT2D eigenvalue weighted by Gasteiger charge is 2.27. The molecule has 0 amide bonds. The number of hydrogen-bond acceptors (Lipinski definition) is 3. The summed E-state index contributed by atoms with van der Waals surface area (Å²) in [6, 6.07) is 7.13. The molecule has 1 aromatic heterocycles. The molecular formula is C17H22N4. The van der Waals surface area contributed by atoms with Gasteiger partial charge < -0.3 is 9.88 Å². The van der Waals surface area contributed by atoms with Crippen molar-refractivity contribution in [2.24, 2.45) is 5.92 Å². The maximum atomic E-state index is 4.50. The topological polar surface area (TPSA) is 42.7 Å². The van der Waals surface area contributed by atoms with Crippen LogP contribution in [0.5, 0.6) is 0 Å². The Hall–Kier alpha value is -1.68. The molecule has 1 unspecified atom stereocenters. The summed E-state index contributed by atoms with van der Waals surface area (Å²) in [5, 5.41) is 12.5. The number of nitrogens with one attached hydrogen (secondary N) is 1. The third-order valence-corrected chi connectivity index (χ3v) is 4.78. The average molecular weight is 282 g/mol. The van der Waals surface area contributed by atoms with Crippen molar-refractivity contribution >= 4 is 0 Å². The van der Waals surface area contributed by atoms with Gasteiger partial charge in [0.05, 0.1) is 6.04 Å². The van der Waals surface area contributed by atoms with Crippen molar-refractivity contribution in [2.75, 3.05) is 6.54 Å². The molecule has 4 nitrogen and oxygen atoms in total. The molecule has 0 radical (unpaired) electrons. The molecule has 0 spiro atoms. The fourth-order valence-corrected chi connectivity index (χ4v) is 3.65. The predicted octanol–water partition coefficient (Wildman–Crippen LogP) is 2.73. The van der Waals surface area contributed by atoms with E-state index in [0.29, 0.717) is 12.0 Å². The van der Waals surface area contributed by atoms with Crippen LogP contribution in [-0.4, -0.2) is 21.3 Å². The van der Waals surface area contributed by atoms with Crippen LogP contribution in [0, 0.1) is 5.92 Å². The van der Waals surface area contributed by atoms with Gasteiger partial charge in [0.15, 0.2) is 11.6 Å². The zero-order valence-electron chi connectivity index (χ0n) is 12.8. The largest absolute Gasteiger partial charge is 0.308 e. The van der Waals surface area contributed by atoms with E-state index in [1.54, 1.807) is 0 Å². The highest BCUT2D eigenvalue weighted by molar-refractivity contribution is 5.59. The van der Waals surface area contributed by atoms with Crippen molar-refractivity contribution in [2.45, 2.75) is 45.7 Å². The molecule has 1 aliphatic heterocycles. The Balaban J connectivity index is 1.77. The molecule has 1 aromatic carbocycles. The third-order valence-electron chi connectivity index (χ3n) is 4.78. The van der Waals surface area contributed by atoms with Crippen LogP contribution in [0.3, 0.4) is 0 Å². The Bertz CT molecular complexity index is 671. The Kier molecular flexibility index (Phi) is 3.07. The number of benzene rings is 1. The van der Waals surface area contributed by atoms with Gasteiger partial charge in [0.1, 0.15) is 0 Å². The van der Waals surface area contributed by atoms with Crippen LogP contribution in [-0.2, 0) is 19.4 Å². The molecule has 4 rings (SSSR count). The number of aromatic nitrogens is 3. The summed E-state index contributed by atoms with van der Waals surface area (Å²) in [6.07, 6.45) is 3.73. The molecule has 1 atom stereocenters. The van der Waals surface area contributed by atoms with Crippen molar-refractivity contribution in [1.82, 2.24) is 20.1 Å². The summed E-state index contributed by atoms with van der Waals surface area (Å²) in [4.78, 5) is 0. The Morgan fingerprint density at radius 2 is 2.05 bits per heavy atom. The van der Waals surface area contributed by atoms with Crippen molar-refractivity contribution in [3.63, 3.8) is 0 Å². The molecule has 1 N–H and O–H groups in total. The van der Waals surface area contributed by atoms with E-state index in [1.807, 2.05) is 0 Å². The van der Waals surface area contributed by atoms with Gasteiger partial charge in [-0.25, -0.2) is 0 Å². The normalized spacial score (nSPS) is 20.6. The Morgan fingerprint density at radius 1 is 1.19 bits per heavy atom.